The minimum atomic E-state index is -0.588. The lowest BCUT2D eigenvalue weighted by molar-refractivity contribution is 0.0761. The second-order valence-corrected chi connectivity index (χ2v) is 5.78. The van der Waals surface area contributed by atoms with E-state index in [9.17, 15) is 9.59 Å². The standard InChI is InChI=1S/C15H18N4O3S/c1-4-18-7-11(6-16)14(20)19(15(18)21)8-12-9-23-13(17-12)10(3)22-5-2/h7,9-10H,4-5,8H2,1-3H3/t10-/m0/s1. The van der Waals surface area contributed by atoms with Crippen molar-refractivity contribution in [2.45, 2.75) is 40.0 Å². The van der Waals surface area contributed by atoms with Crippen LogP contribution < -0.4 is 11.2 Å². The third kappa shape index (κ3) is 3.57. The molecule has 0 amide bonds. The smallest absolute Gasteiger partial charge is 0.331 e. The van der Waals surface area contributed by atoms with Crippen molar-refractivity contribution in [3.63, 3.8) is 0 Å². The van der Waals surface area contributed by atoms with Gasteiger partial charge in [0.15, 0.2) is 0 Å². The summed E-state index contributed by atoms with van der Waals surface area (Å²) in [5.74, 6) is 0. The number of aryl methyl sites for hydroxylation is 1. The van der Waals surface area contributed by atoms with Crippen molar-refractivity contribution in [1.82, 2.24) is 14.1 Å². The van der Waals surface area contributed by atoms with Crippen LogP contribution in [0.4, 0.5) is 0 Å². The largest absolute Gasteiger partial charge is 0.372 e. The highest BCUT2D eigenvalue weighted by Crippen LogP contribution is 2.21. The quantitative estimate of drug-likeness (QED) is 0.798. The van der Waals surface area contributed by atoms with E-state index >= 15 is 0 Å². The lowest BCUT2D eigenvalue weighted by Crippen LogP contribution is -2.41. The fourth-order valence-corrected chi connectivity index (χ4v) is 2.98. The maximum absolute atomic E-state index is 12.3. The molecule has 7 nitrogen and oxygen atoms in total. The number of aromatic nitrogens is 3. The van der Waals surface area contributed by atoms with Gasteiger partial charge in [-0.25, -0.2) is 9.78 Å². The molecule has 2 rings (SSSR count). The summed E-state index contributed by atoms with van der Waals surface area (Å²) < 4.78 is 7.87. The lowest BCUT2D eigenvalue weighted by Gasteiger charge is -2.09. The van der Waals surface area contributed by atoms with E-state index in [2.05, 4.69) is 4.98 Å². The third-order valence-electron chi connectivity index (χ3n) is 3.35. The highest BCUT2D eigenvalue weighted by Gasteiger charge is 2.14. The molecule has 0 saturated heterocycles. The average Bonchev–Trinajstić information content (AvgIpc) is 3.01. The molecule has 0 saturated carbocycles. The van der Waals surface area contributed by atoms with Crippen LogP contribution in [-0.2, 0) is 17.8 Å². The molecule has 23 heavy (non-hydrogen) atoms. The third-order valence-corrected chi connectivity index (χ3v) is 4.41. The Kier molecular flexibility index (Phi) is 5.47. The minimum absolute atomic E-state index is 0.0442. The molecule has 0 aliphatic rings. The molecule has 8 heteroatoms. The zero-order chi connectivity index (χ0) is 17.0. The van der Waals surface area contributed by atoms with E-state index in [-0.39, 0.29) is 18.2 Å². The van der Waals surface area contributed by atoms with Crippen molar-refractivity contribution >= 4 is 11.3 Å². The van der Waals surface area contributed by atoms with E-state index in [1.807, 2.05) is 19.9 Å². The van der Waals surface area contributed by atoms with Crippen molar-refractivity contribution in [2.75, 3.05) is 6.61 Å². The number of hydrogen-bond acceptors (Lipinski definition) is 6. The Hall–Kier alpha value is -2.24. The number of hydrogen-bond donors (Lipinski definition) is 0. The van der Waals surface area contributed by atoms with Crippen molar-refractivity contribution in [2.24, 2.45) is 0 Å². The van der Waals surface area contributed by atoms with Crippen LogP contribution >= 0.6 is 11.3 Å². The number of rotatable bonds is 6. The van der Waals surface area contributed by atoms with E-state index in [4.69, 9.17) is 10.00 Å². The summed E-state index contributed by atoms with van der Waals surface area (Å²) in [6.45, 7) is 6.60. The Morgan fingerprint density at radius 1 is 1.43 bits per heavy atom. The molecular weight excluding hydrogens is 316 g/mol. The van der Waals surface area contributed by atoms with E-state index in [1.54, 1.807) is 12.3 Å². The van der Waals surface area contributed by atoms with E-state index in [0.717, 1.165) is 9.57 Å². The number of nitrogens with zero attached hydrogens (tertiary/aromatic N) is 4. The summed E-state index contributed by atoms with van der Waals surface area (Å²) in [5.41, 5.74) is -0.475. The first-order chi connectivity index (χ1) is 11.0. The molecule has 0 unspecified atom stereocenters. The van der Waals surface area contributed by atoms with E-state index < -0.39 is 11.2 Å². The van der Waals surface area contributed by atoms with Crippen LogP contribution in [0, 0.1) is 11.3 Å². The van der Waals surface area contributed by atoms with Gasteiger partial charge in [-0.1, -0.05) is 0 Å². The Bertz CT molecular complexity index is 844. The SMILES string of the molecule is CCO[C@@H](C)c1nc(Cn2c(=O)c(C#N)cn(CC)c2=O)cs1. The Morgan fingerprint density at radius 2 is 2.17 bits per heavy atom. The Morgan fingerprint density at radius 3 is 2.78 bits per heavy atom. The van der Waals surface area contributed by atoms with Gasteiger partial charge in [-0.05, 0) is 20.8 Å². The average molecular weight is 334 g/mol. The van der Waals surface area contributed by atoms with Crippen molar-refractivity contribution in [3.8, 4) is 6.07 Å². The van der Waals surface area contributed by atoms with Gasteiger partial charge in [-0.2, -0.15) is 5.26 Å². The molecule has 1 atom stereocenters. The van der Waals surface area contributed by atoms with Crippen LogP contribution in [0.5, 0.6) is 0 Å². The van der Waals surface area contributed by atoms with Crippen LogP contribution in [0.2, 0.25) is 0 Å². The van der Waals surface area contributed by atoms with Gasteiger partial charge >= 0.3 is 5.69 Å². The maximum Gasteiger partial charge on any atom is 0.331 e. The van der Waals surface area contributed by atoms with E-state index in [0.29, 0.717) is 18.8 Å². The first-order valence-corrected chi connectivity index (χ1v) is 8.20. The van der Waals surface area contributed by atoms with Gasteiger partial charge in [0.1, 0.15) is 22.7 Å². The topological polar surface area (TPSA) is 89.9 Å². The highest BCUT2D eigenvalue weighted by atomic mass is 32.1. The fraction of sp³-hybridized carbons (Fsp3) is 0.467. The number of ether oxygens (including phenoxy) is 1. The van der Waals surface area contributed by atoms with Crippen LogP contribution in [0.25, 0.3) is 0 Å². The summed E-state index contributed by atoms with van der Waals surface area (Å²) >= 11 is 1.42. The summed E-state index contributed by atoms with van der Waals surface area (Å²) in [6.07, 6.45) is 1.17. The molecule has 0 radical (unpaired) electrons. The zero-order valence-electron chi connectivity index (χ0n) is 13.3. The predicted octanol–water partition coefficient (Wildman–Crippen LogP) is 1.50. The van der Waals surface area contributed by atoms with Gasteiger partial charge < -0.3 is 4.74 Å². The van der Waals surface area contributed by atoms with Gasteiger partial charge in [0.25, 0.3) is 5.56 Å². The molecule has 122 valence electrons. The lowest BCUT2D eigenvalue weighted by atomic mass is 10.3. The zero-order valence-corrected chi connectivity index (χ0v) is 14.1. The molecule has 0 N–H and O–H groups in total. The summed E-state index contributed by atoms with van der Waals surface area (Å²) in [7, 11) is 0. The van der Waals surface area contributed by atoms with Gasteiger partial charge in [0.05, 0.1) is 12.2 Å². The highest BCUT2D eigenvalue weighted by molar-refractivity contribution is 7.09. The second-order valence-electron chi connectivity index (χ2n) is 4.89. The Balaban J connectivity index is 2.39. The molecule has 2 heterocycles. The van der Waals surface area contributed by atoms with Gasteiger partial charge in [-0.15, -0.1) is 11.3 Å². The molecule has 0 aliphatic heterocycles. The summed E-state index contributed by atoms with van der Waals surface area (Å²) in [6, 6.07) is 1.83. The fourth-order valence-electron chi connectivity index (χ4n) is 2.16. The predicted molar refractivity (Wildman–Crippen MR) is 86.6 cm³/mol. The Labute approximate surface area is 137 Å². The van der Waals surface area contributed by atoms with Crippen LogP contribution in [0.15, 0.2) is 21.2 Å². The van der Waals surface area contributed by atoms with Gasteiger partial charge in [-0.3, -0.25) is 13.9 Å². The molecule has 0 aliphatic carbocycles. The minimum Gasteiger partial charge on any atom is -0.372 e. The normalized spacial score (nSPS) is 12.1. The monoisotopic (exact) mass is 334 g/mol. The molecule has 2 aromatic heterocycles. The van der Waals surface area contributed by atoms with Crippen molar-refractivity contribution < 1.29 is 4.74 Å². The van der Waals surface area contributed by atoms with Crippen LogP contribution in [-0.4, -0.2) is 20.7 Å². The van der Waals surface area contributed by atoms with Crippen LogP contribution in [0.1, 0.15) is 43.1 Å². The molecular formula is C15H18N4O3S. The van der Waals surface area contributed by atoms with Crippen molar-refractivity contribution in [3.05, 3.63) is 48.7 Å². The molecule has 2 aromatic rings. The number of thiazole rings is 1. The molecule has 0 spiro atoms. The first kappa shape index (κ1) is 17.1. The number of nitriles is 1. The molecule has 0 fully saturated rings. The van der Waals surface area contributed by atoms with Crippen molar-refractivity contribution in [1.29, 1.82) is 5.26 Å². The van der Waals surface area contributed by atoms with Gasteiger partial charge in [0, 0.05) is 24.7 Å². The van der Waals surface area contributed by atoms with Crippen LogP contribution in [0.3, 0.4) is 0 Å². The van der Waals surface area contributed by atoms with Gasteiger partial charge in [0.2, 0.25) is 0 Å². The molecule has 0 bridgehead atoms. The molecule has 0 aromatic carbocycles. The summed E-state index contributed by atoms with van der Waals surface area (Å²) in [4.78, 5) is 28.9. The van der Waals surface area contributed by atoms with E-state index in [1.165, 1.54) is 22.1 Å². The summed E-state index contributed by atoms with van der Waals surface area (Å²) in [5, 5.41) is 11.6. The first-order valence-electron chi connectivity index (χ1n) is 7.32. The second kappa shape index (κ2) is 7.35. The maximum atomic E-state index is 12.3.